The van der Waals surface area contributed by atoms with E-state index in [4.69, 9.17) is 16.3 Å². The fourth-order valence-corrected chi connectivity index (χ4v) is 3.01. The van der Waals surface area contributed by atoms with E-state index in [1.54, 1.807) is 25.1 Å². The number of rotatable bonds is 5. The lowest BCUT2D eigenvalue weighted by molar-refractivity contribution is -0.129. The maximum atomic E-state index is 12.3. The maximum Gasteiger partial charge on any atom is 0.225 e. The summed E-state index contributed by atoms with van der Waals surface area (Å²) in [6, 6.07) is 6.98. The molecule has 0 bridgehead atoms. The zero-order chi connectivity index (χ0) is 15.4. The molecule has 1 aliphatic heterocycles. The van der Waals surface area contributed by atoms with E-state index in [-0.39, 0.29) is 24.3 Å². The number of halogens is 1. The van der Waals surface area contributed by atoms with Crippen LogP contribution in [-0.2, 0) is 14.3 Å². The highest BCUT2D eigenvalue weighted by Crippen LogP contribution is 2.40. The lowest BCUT2D eigenvalue weighted by Crippen LogP contribution is -2.35. The Labute approximate surface area is 129 Å². The Hall–Kier alpha value is -1.59. The molecule has 0 radical (unpaired) electrons. The van der Waals surface area contributed by atoms with Crippen molar-refractivity contribution in [2.75, 3.05) is 27.3 Å². The summed E-state index contributed by atoms with van der Waals surface area (Å²) in [6.45, 7) is 0.867. The van der Waals surface area contributed by atoms with Gasteiger partial charge >= 0.3 is 0 Å². The van der Waals surface area contributed by atoms with Crippen molar-refractivity contribution in [1.29, 1.82) is 0 Å². The van der Waals surface area contributed by atoms with Crippen LogP contribution in [-0.4, -0.2) is 44.0 Å². The molecule has 2 rings (SSSR count). The van der Waals surface area contributed by atoms with E-state index in [0.29, 0.717) is 18.2 Å². The highest BCUT2D eigenvalue weighted by molar-refractivity contribution is 6.31. The van der Waals surface area contributed by atoms with E-state index in [9.17, 15) is 9.59 Å². The van der Waals surface area contributed by atoms with E-state index >= 15 is 0 Å². The first-order valence-electron chi connectivity index (χ1n) is 6.84. The summed E-state index contributed by atoms with van der Waals surface area (Å²) in [6.07, 6.45) is 0.194. The molecule has 0 spiro atoms. The van der Waals surface area contributed by atoms with Gasteiger partial charge in [0.1, 0.15) is 0 Å². The van der Waals surface area contributed by atoms with Crippen molar-refractivity contribution in [3.8, 4) is 0 Å². The predicted molar refractivity (Wildman–Crippen MR) is 80.0 cm³/mol. The minimum absolute atomic E-state index is 0.0504. The number of carbonyl (C=O) groups is 2. The lowest BCUT2D eigenvalue weighted by atomic mass is 9.92. The molecule has 114 valence electrons. The number of methoxy groups -OCH3 is 1. The number of likely N-dealkylation sites (tertiary alicyclic amines) is 1. The normalized spacial score (nSPS) is 21.7. The van der Waals surface area contributed by atoms with E-state index in [1.807, 2.05) is 18.2 Å². The summed E-state index contributed by atoms with van der Waals surface area (Å²) in [4.78, 5) is 26.0. The Morgan fingerprint density at radius 1 is 1.48 bits per heavy atom. The van der Waals surface area contributed by atoms with Crippen LogP contribution >= 0.6 is 11.6 Å². The van der Waals surface area contributed by atoms with Crippen molar-refractivity contribution in [1.82, 2.24) is 10.2 Å². The van der Waals surface area contributed by atoms with Crippen molar-refractivity contribution in [3.05, 3.63) is 34.9 Å². The first-order valence-corrected chi connectivity index (χ1v) is 7.22. The number of ether oxygens (including phenoxy) is 1. The van der Waals surface area contributed by atoms with Crippen LogP contribution in [0.1, 0.15) is 18.0 Å². The largest absolute Gasteiger partial charge is 0.383 e. The van der Waals surface area contributed by atoms with Gasteiger partial charge in [-0.2, -0.15) is 0 Å². The van der Waals surface area contributed by atoms with Crippen LogP contribution in [0.25, 0.3) is 0 Å². The van der Waals surface area contributed by atoms with Crippen molar-refractivity contribution < 1.29 is 14.3 Å². The second-order valence-corrected chi connectivity index (χ2v) is 5.38. The van der Waals surface area contributed by atoms with Crippen molar-refractivity contribution >= 4 is 23.4 Å². The number of benzene rings is 1. The van der Waals surface area contributed by atoms with Crippen LogP contribution in [0.2, 0.25) is 5.02 Å². The molecule has 1 aliphatic rings. The average molecular weight is 311 g/mol. The standard InChI is InChI=1S/C15H19ClN2O3/c1-17-15(20)11-9-13(19)18(7-8-21-2)14(11)10-5-3-4-6-12(10)16/h3-6,11,14H,7-9H2,1-2H3,(H,17,20)/t11-,14+/m1/s1. The molecule has 0 aromatic heterocycles. The zero-order valence-corrected chi connectivity index (χ0v) is 12.9. The van der Waals surface area contributed by atoms with Gasteiger partial charge in [0, 0.05) is 32.1 Å². The SMILES string of the molecule is CNC(=O)[C@@H]1CC(=O)N(CCOC)[C@H]1c1ccccc1Cl. The minimum Gasteiger partial charge on any atom is -0.383 e. The molecule has 21 heavy (non-hydrogen) atoms. The van der Waals surface area contributed by atoms with E-state index in [1.165, 1.54) is 0 Å². The summed E-state index contributed by atoms with van der Waals surface area (Å²) in [5.41, 5.74) is 0.801. The molecule has 2 atom stereocenters. The van der Waals surface area contributed by atoms with E-state index < -0.39 is 5.92 Å². The summed E-state index contributed by atoms with van der Waals surface area (Å²) >= 11 is 6.26. The van der Waals surface area contributed by atoms with E-state index in [2.05, 4.69) is 5.32 Å². The quantitative estimate of drug-likeness (QED) is 0.899. The molecular formula is C15H19ClN2O3. The Bertz CT molecular complexity index is 535. The molecule has 0 aliphatic carbocycles. The zero-order valence-electron chi connectivity index (χ0n) is 12.1. The fraction of sp³-hybridized carbons (Fsp3) is 0.467. The van der Waals surface area contributed by atoms with Crippen molar-refractivity contribution in [2.45, 2.75) is 12.5 Å². The number of nitrogens with one attached hydrogen (secondary N) is 1. The van der Waals surface area contributed by atoms with Crippen LogP contribution in [0, 0.1) is 5.92 Å². The third-order valence-electron chi connectivity index (χ3n) is 3.78. The number of hydrogen-bond acceptors (Lipinski definition) is 3. The van der Waals surface area contributed by atoms with Gasteiger partial charge in [0.05, 0.1) is 18.6 Å². The smallest absolute Gasteiger partial charge is 0.225 e. The molecule has 0 unspecified atom stereocenters. The average Bonchev–Trinajstić information content (AvgIpc) is 2.81. The molecule has 1 saturated heterocycles. The van der Waals surface area contributed by atoms with Gasteiger partial charge in [0.2, 0.25) is 11.8 Å². The summed E-state index contributed by atoms with van der Waals surface area (Å²) in [7, 11) is 3.16. The van der Waals surface area contributed by atoms with Gasteiger partial charge in [0.15, 0.2) is 0 Å². The molecule has 6 heteroatoms. The Kier molecular flexibility index (Phi) is 5.20. The summed E-state index contributed by atoms with van der Waals surface area (Å²) in [5.74, 6) is -0.627. The highest BCUT2D eigenvalue weighted by atomic mass is 35.5. The van der Waals surface area contributed by atoms with Gasteiger partial charge < -0.3 is 15.0 Å². The minimum atomic E-state index is -0.431. The number of hydrogen-bond donors (Lipinski definition) is 1. The van der Waals surface area contributed by atoms with E-state index in [0.717, 1.165) is 5.56 Å². The molecule has 1 heterocycles. The van der Waals surface area contributed by atoms with Crippen molar-refractivity contribution in [3.63, 3.8) is 0 Å². The molecule has 0 saturated carbocycles. The van der Waals surface area contributed by atoms with Gasteiger partial charge in [-0.25, -0.2) is 0 Å². The molecule has 2 amide bonds. The Morgan fingerprint density at radius 3 is 2.81 bits per heavy atom. The first kappa shape index (κ1) is 15.8. The Morgan fingerprint density at radius 2 is 2.19 bits per heavy atom. The molecule has 1 fully saturated rings. The molecule has 5 nitrogen and oxygen atoms in total. The first-order chi connectivity index (χ1) is 10.1. The van der Waals surface area contributed by atoms with Gasteiger partial charge in [-0.15, -0.1) is 0 Å². The van der Waals surface area contributed by atoms with Crippen LogP contribution < -0.4 is 5.32 Å². The predicted octanol–water partition coefficient (Wildman–Crippen LogP) is 1.62. The third-order valence-corrected chi connectivity index (χ3v) is 4.12. The number of nitrogens with zero attached hydrogens (tertiary/aromatic N) is 1. The Balaban J connectivity index is 2.38. The van der Waals surface area contributed by atoms with Gasteiger partial charge in [0.25, 0.3) is 0 Å². The summed E-state index contributed by atoms with van der Waals surface area (Å²) < 4.78 is 5.06. The lowest BCUT2D eigenvalue weighted by Gasteiger charge is -2.28. The maximum absolute atomic E-state index is 12.3. The molecular weight excluding hydrogens is 292 g/mol. The monoisotopic (exact) mass is 310 g/mol. The fourth-order valence-electron chi connectivity index (χ4n) is 2.76. The van der Waals surface area contributed by atoms with Crippen LogP contribution in [0.4, 0.5) is 0 Å². The number of carbonyl (C=O) groups excluding carboxylic acids is 2. The van der Waals surface area contributed by atoms with Gasteiger partial charge in [-0.05, 0) is 11.6 Å². The van der Waals surface area contributed by atoms with Gasteiger partial charge in [-0.3, -0.25) is 9.59 Å². The molecule has 1 aromatic carbocycles. The highest BCUT2D eigenvalue weighted by Gasteiger charge is 2.44. The topological polar surface area (TPSA) is 58.6 Å². The molecule has 1 N–H and O–H groups in total. The van der Waals surface area contributed by atoms with Gasteiger partial charge in [-0.1, -0.05) is 29.8 Å². The van der Waals surface area contributed by atoms with Crippen LogP contribution in [0.3, 0.4) is 0 Å². The third kappa shape index (κ3) is 3.19. The van der Waals surface area contributed by atoms with Crippen LogP contribution in [0.5, 0.6) is 0 Å². The molecule has 1 aromatic rings. The second-order valence-electron chi connectivity index (χ2n) is 4.97. The van der Waals surface area contributed by atoms with Crippen LogP contribution in [0.15, 0.2) is 24.3 Å². The second kappa shape index (κ2) is 6.91. The number of amides is 2. The summed E-state index contributed by atoms with van der Waals surface area (Å²) in [5, 5.41) is 3.19. The van der Waals surface area contributed by atoms with Crippen molar-refractivity contribution in [2.24, 2.45) is 5.92 Å².